The van der Waals surface area contributed by atoms with E-state index in [0.29, 0.717) is 10.7 Å². The number of alkyl carbamates (subject to hydrolysis) is 1. The molecule has 2 atom stereocenters. The Hall–Kier alpha value is -2.91. The number of likely N-dealkylation sites (N-methyl/N-ethyl adjacent to an activating group) is 1. The highest BCUT2D eigenvalue weighted by Gasteiger charge is 2.35. The molecular formula is C24H30ClN3O5S. The second kappa shape index (κ2) is 11.5. The summed E-state index contributed by atoms with van der Waals surface area (Å²) in [5.74, 6) is -1.40. The lowest BCUT2D eigenvalue weighted by Gasteiger charge is -2.31. The van der Waals surface area contributed by atoms with E-state index in [1.807, 2.05) is 0 Å². The van der Waals surface area contributed by atoms with Crippen molar-refractivity contribution in [1.29, 1.82) is 0 Å². The molecule has 0 spiro atoms. The van der Waals surface area contributed by atoms with Gasteiger partial charge in [-0.1, -0.05) is 41.9 Å². The van der Waals surface area contributed by atoms with Gasteiger partial charge >= 0.3 is 6.09 Å². The number of nitrogens with one attached hydrogen (secondary N) is 2. The summed E-state index contributed by atoms with van der Waals surface area (Å²) in [6, 6.07) is 9.08. The van der Waals surface area contributed by atoms with Crippen LogP contribution in [0.15, 0.2) is 42.5 Å². The minimum Gasteiger partial charge on any atom is -0.508 e. The van der Waals surface area contributed by atoms with Gasteiger partial charge in [-0.05, 0) is 45.4 Å². The highest BCUT2D eigenvalue weighted by molar-refractivity contribution is 7.80. The first-order valence-corrected chi connectivity index (χ1v) is 11.6. The Bertz CT molecular complexity index is 1040. The number of thiol groups is 1. The standard InChI is InChI=1S/C24H30ClN3O5S/c1-14-9-8-11-16(25)19(14)27-21(30)20(15-10-6-7-12-18(15)29)28(5)22(31)17(13-34)26-23(32)33-24(2,3)4/h6-12,17,20,29,34H,13H2,1-5H3,(H,26,32)(H,27,30). The summed E-state index contributed by atoms with van der Waals surface area (Å²) in [5.41, 5.74) is 0.570. The van der Waals surface area contributed by atoms with Gasteiger partial charge in [-0.3, -0.25) is 9.59 Å². The number of aryl methyl sites for hydroxylation is 1. The molecule has 2 aromatic carbocycles. The van der Waals surface area contributed by atoms with Crippen LogP contribution in [0.2, 0.25) is 5.02 Å². The van der Waals surface area contributed by atoms with Gasteiger partial charge in [-0.25, -0.2) is 4.79 Å². The fraction of sp³-hybridized carbons (Fsp3) is 0.375. The fourth-order valence-electron chi connectivity index (χ4n) is 3.23. The van der Waals surface area contributed by atoms with Crippen molar-refractivity contribution in [3.05, 3.63) is 58.6 Å². The quantitative estimate of drug-likeness (QED) is 0.417. The third-order valence-corrected chi connectivity index (χ3v) is 5.54. The van der Waals surface area contributed by atoms with Crippen LogP contribution in [0.1, 0.15) is 37.9 Å². The molecule has 0 aliphatic carbocycles. The Morgan fingerprint density at radius 1 is 1.15 bits per heavy atom. The molecule has 0 saturated heterocycles. The average molecular weight is 508 g/mol. The average Bonchev–Trinajstić information content (AvgIpc) is 2.74. The number of phenols is 1. The van der Waals surface area contributed by atoms with E-state index in [0.717, 1.165) is 10.5 Å². The third-order valence-electron chi connectivity index (χ3n) is 4.86. The zero-order valence-electron chi connectivity index (χ0n) is 19.8. The number of benzene rings is 2. The number of hydrogen-bond acceptors (Lipinski definition) is 6. The number of phenolic OH excluding ortho intramolecular Hbond substituents is 1. The van der Waals surface area contributed by atoms with Gasteiger partial charge in [-0.15, -0.1) is 0 Å². The molecule has 0 heterocycles. The lowest BCUT2D eigenvalue weighted by Crippen LogP contribution is -2.52. The second-order valence-corrected chi connectivity index (χ2v) is 9.49. The number of anilines is 1. The predicted octanol–water partition coefficient (Wildman–Crippen LogP) is 4.32. The molecule has 0 saturated carbocycles. The molecule has 184 valence electrons. The summed E-state index contributed by atoms with van der Waals surface area (Å²) in [4.78, 5) is 40.1. The third kappa shape index (κ3) is 7.04. The van der Waals surface area contributed by atoms with Crippen LogP contribution in [-0.2, 0) is 14.3 Å². The summed E-state index contributed by atoms with van der Waals surface area (Å²) in [6.07, 6.45) is -0.788. The largest absolute Gasteiger partial charge is 0.508 e. The molecule has 2 rings (SSSR count). The number of ether oxygens (including phenoxy) is 1. The normalized spacial score (nSPS) is 12.9. The summed E-state index contributed by atoms with van der Waals surface area (Å²) < 4.78 is 5.23. The van der Waals surface area contributed by atoms with Crippen molar-refractivity contribution in [1.82, 2.24) is 10.2 Å². The maximum atomic E-state index is 13.4. The van der Waals surface area contributed by atoms with E-state index in [4.69, 9.17) is 16.3 Å². The molecule has 34 heavy (non-hydrogen) atoms. The molecule has 0 aromatic heterocycles. The Morgan fingerprint density at radius 2 is 1.79 bits per heavy atom. The number of halogens is 1. The number of para-hydroxylation sites is 2. The van der Waals surface area contributed by atoms with E-state index >= 15 is 0 Å². The second-order valence-electron chi connectivity index (χ2n) is 8.71. The molecule has 2 unspecified atom stereocenters. The molecule has 2 aromatic rings. The Morgan fingerprint density at radius 3 is 2.35 bits per heavy atom. The maximum absolute atomic E-state index is 13.4. The van der Waals surface area contributed by atoms with Crippen LogP contribution in [0, 0.1) is 6.92 Å². The number of carbonyl (C=O) groups is 3. The smallest absolute Gasteiger partial charge is 0.408 e. The first kappa shape index (κ1) is 27.3. The van der Waals surface area contributed by atoms with Crippen LogP contribution in [0.25, 0.3) is 0 Å². The van der Waals surface area contributed by atoms with Crippen LogP contribution in [0.5, 0.6) is 5.75 Å². The molecule has 0 fully saturated rings. The Kier molecular flexibility index (Phi) is 9.23. The van der Waals surface area contributed by atoms with Gasteiger partial charge in [0.2, 0.25) is 5.91 Å². The van der Waals surface area contributed by atoms with Crippen LogP contribution < -0.4 is 10.6 Å². The topological polar surface area (TPSA) is 108 Å². The molecule has 3 N–H and O–H groups in total. The van der Waals surface area contributed by atoms with Crippen molar-refractivity contribution >= 4 is 47.8 Å². The van der Waals surface area contributed by atoms with Crippen molar-refractivity contribution in [2.75, 3.05) is 18.1 Å². The molecule has 0 aliphatic heterocycles. The fourth-order valence-corrected chi connectivity index (χ4v) is 3.75. The van der Waals surface area contributed by atoms with E-state index in [-0.39, 0.29) is 17.1 Å². The highest BCUT2D eigenvalue weighted by Crippen LogP contribution is 2.32. The van der Waals surface area contributed by atoms with Gasteiger partial charge < -0.3 is 25.4 Å². The number of carbonyl (C=O) groups excluding carboxylic acids is 3. The van der Waals surface area contributed by atoms with E-state index in [1.165, 1.54) is 13.1 Å². The minimum atomic E-state index is -1.23. The lowest BCUT2D eigenvalue weighted by atomic mass is 10.0. The van der Waals surface area contributed by atoms with Gasteiger partial charge in [0.25, 0.3) is 5.91 Å². The predicted molar refractivity (Wildman–Crippen MR) is 135 cm³/mol. The lowest BCUT2D eigenvalue weighted by molar-refractivity contribution is -0.138. The minimum absolute atomic E-state index is 0.0405. The highest BCUT2D eigenvalue weighted by atomic mass is 35.5. The van der Waals surface area contributed by atoms with Crippen LogP contribution >= 0.6 is 24.2 Å². The van der Waals surface area contributed by atoms with E-state index in [2.05, 4.69) is 23.3 Å². The number of nitrogens with zero attached hydrogens (tertiary/aromatic N) is 1. The van der Waals surface area contributed by atoms with Gasteiger partial charge in [0, 0.05) is 18.4 Å². The Labute approximate surface area is 210 Å². The molecule has 10 heteroatoms. The number of rotatable bonds is 7. The summed E-state index contributed by atoms with van der Waals surface area (Å²) in [6.45, 7) is 6.88. The summed E-state index contributed by atoms with van der Waals surface area (Å²) >= 11 is 10.4. The van der Waals surface area contributed by atoms with Crippen LogP contribution in [0.4, 0.5) is 10.5 Å². The molecule has 0 radical (unpaired) electrons. The zero-order valence-corrected chi connectivity index (χ0v) is 21.4. The van der Waals surface area contributed by atoms with Gasteiger partial charge in [0.15, 0.2) is 0 Å². The number of aromatic hydroxyl groups is 1. The maximum Gasteiger partial charge on any atom is 0.408 e. The monoisotopic (exact) mass is 507 g/mol. The first-order valence-electron chi connectivity index (χ1n) is 10.6. The molecular weight excluding hydrogens is 478 g/mol. The van der Waals surface area contributed by atoms with Gasteiger partial charge in [-0.2, -0.15) is 12.6 Å². The van der Waals surface area contributed by atoms with E-state index < -0.39 is 35.6 Å². The summed E-state index contributed by atoms with van der Waals surface area (Å²) in [5, 5.41) is 16.0. The SMILES string of the molecule is Cc1cccc(Cl)c1NC(=O)C(c1ccccc1O)N(C)C(=O)C(CS)NC(=O)OC(C)(C)C. The summed E-state index contributed by atoms with van der Waals surface area (Å²) in [7, 11) is 1.41. The van der Waals surface area contributed by atoms with Crippen molar-refractivity contribution in [3.63, 3.8) is 0 Å². The number of hydrogen-bond donors (Lipinski definition) is 4. The van der Waals surface area contributed by atoms with Crippen molar-refractivity contribution < 1.29 is 24.2 Å². The van der Waals surface area contributed by atoms with Crippen molar-refractivity contribution in [2.24, 2.45) is 0 Å². The Balaban J connectivity index is 2.38. The van der Waals surface area contributed by atoms with Crippen LogP contribution in [-0.4, -0.2) is 52.4 Å². The van der Waals surface area contributed by atoms with Gasteiger partial charge in [0.05, 0.1) is 10.7 Å². The molecule has 0 aliphatic rings. The van der Waals surface area contributed by atoms with Crippen molar-refractivity contribution in [2.45, 2.75) is 45.4 Å². The molecule has 3 amide bonds. The van der Waals surface area contributed by atoms with E-state index in [9.17, 15) is 19.5 Å². The van der Waals surface area contributed by atoms with E-state index in [1.54, 1.807) is 64.1 Å². The van der Waals surface area contributed by atoms with Gasteiger partial charge in [0.1, 0.15) is 23.4 Å². The molecule has 8 nitrogen and oxygen atoms in total. The first-order chi connectivity index (χ1) is 15.9. The van der Waals surface area contributed by atoms with Crippen molar-refractivity contribution in [3.8, 4) is 5.75 Å². The number of amides is 3. The zero-order chi connectivity index (χ0) is 25.6. The molecule has 0 bridgehead atoms. The van der Waals surface area contributed by atoms with Crippen LogP contribution in [0.3, 0.4) is 0 Å².